The molecule has 4 nitrogen and oxygen atoms in total. The molecular weight excluding hydrogens is 380 g/mol. The molecule has 4 aliphatic carbocycles. The fourth-order valence-corrected chi connectivity index (χ4v) is 8.02. The maximum absolute atomic E-state index is 8.90. The smallest absolute Gasteiger partial charge is 0.0525 e. The van der Waals surface area contributed by atoms with E-state index in [1.54, 1.807) is 5.57 Å². The summed E-state index contributed by atoms with van der Waals surface area (Å²) in [5, 5.41) is 5.40. The summed E-state index contributed by atoms with van der Waals surface area (Å²) in [6.45, 7) is 5.06. The second-order valence-corrected chi connectivity index (χ2v) is 10.9. The summed E-state index contributed by atoms with van der Waals surface area (Å²) < 4.78 is 2.48. The first-order chi connectivity index (χ1) is 15.0. The third-order valence-electron chi connectivity index (χ3n) is 9.69. The predicted molar refractivity (Wildman–Crippen MR) is 126 cm³/mol. The monoisotopic (exact) mass is 412 g/mol. The summed E-state index contributed by atoms with van der Waals surface area (Å²) in [5.41, 5.74) is 13.9. The van der Waals surface area contributed by atoms with Crippen LogP contribution in [0.1, 0.15) is 58.8 Å². The molecule has 2 fully saturated rings. The average Bonchev–Trinajstić information content (AvgIpc) is 3.34. The van der Waals surface area contributed by atoms with Crippen molar-refractivity contribution in [3.63, 3.8) is 0 Å². The van der Waals surface area contributed by atoms with Gasteiger partial charge in [0.05, 0.1) is 5.52 Å². The van der Waals surface area contributed by atoms with E-state index in [1.165, 1.54) is 48.7 Å². The van der Waals surface area contributed by atoms with Gasteiger partial charge in [0.15, 0.2) is 0 Å². The molecule has 0 N–H and O–H groups in total. The number of fused-ring (bicyclic) bond motifs is 6. The van der Waals surface area contributed by atoms with Gasteiger partial charge < -0.3 is 4.57 Å². The zero-order valence-electron chi connectivity index (χ0n) is 18.7. The highest BCUT2D eigenvalue weighted by Gasteiger charge is 2.57. The molecule has 0 bridgehead atoms. The van der Waals surface area contributed by atoms with Crippen molar-refractivity contribution in [1.82, 2.24) is 4.57 Å². The quantitative estimate of drug-likeness (QED) is 0.210. The van der Waals surface area contributed by atoms with Crippen molar-refractivity contribution in [2.75, 3.05) is 0 Å². The second kappa shape index (κ2) is 6.77. The van der Waals surface area contributed by atoms with Gasteiger partial charge in [-0.2, -0.15) is 0 Å². The molecule has 0 amide bonds. The van der Waals surface area contributed by atoms with Crippen LogP contribution in [0.4, 0.5) is 0 Å². The van der Waals surface area contributed by atoms with E-state index in [0.29, 0.717) is 5.41 Å². The number of benzene rings is 1. The first-order valence-electron chi connectivity index (χ1n) is 12.1. The minimum Gasteiger partial charge on any atom is -0.320 e. The molecule has 0 saturated heterocycles. The molecule has 1 heterocycles. The largest absolute Gasteiger partial charge is 0.320 e. The molecule has 1 aromatic heterocycles. The Balaban J connectivity index is 1.33. The Labute approximate surface area is 184 Å². The van der Waals surface area contributed by atoms with Crippen LogP contribution in [0.2, 0.25) is 0 Å². The molecule has 4 heteroatoms. The number of rotatable bonds is 2. The summed E-state index contributed by atoms with van der Waals surface area (Å²) in [6, 6.07) is 11.2. The van der Waals surface area contributed by atoms with E-state index < -0.39 is 0 Å². The van der Waals surface area contributed by atoms with Gasteiger partial charge in [0, 0.05) is 28.3 Å². The number of aromatic nitrogens is 1. The van der Waals surface area contributed by atoms with Crippen molar-refractivity contribution in [2.24, 2.45) is 33.7 Å². The van der Waals surface area contributed by atoms with Crippen LogP contribution in [-0.4, -0.2) is 10.6 Å². The lowest BCUT2D eigenvalue weighted by Gasteiger charge is -2.57. The van der Waals surface area contributed by atoms with Gasteiger partial charge in [0.1, 0.15) is 0 Å². The van der Waals surface area contributed by atoms with E-state index >= 15 is 0 Å². The Hall–Kier alpha value is -2.45. The van der Waals surface area contributed by atoms with Crippen LogP contribution in [0.5, 0.6) is 0 Å². The summed E-state index contributed by atoms with van der Waals surface area (Å²) >= 11 is 0. The number of allylic oxidation sites excluding steroid dienone is 3. The predicted octanol–water partition coefficient (Wildman–Crippen LogP) is 7.73. The van der Waals surface area contributed by atoms with Crippen LogP contribution in [0.3, 0.4) is 0 Å². The minimum atomic E-state index is 0.163. The summed E-state index contributed by atoms with van der Waals surface area (Å²) in [4.78, 5) is 3.10. The Bertz CT molecular complexity index is 1150. The van der Waals surface area contributed by atoms with Crippen LogP contribution < -0.4 is 0 Å². The third kappa shape index (κ3) is 2.64. The van der Waals surface area contributed by atoms with E-state index in [2.05, 4.69) is 77.1 Å². The van der Waals surface area contributed by atoms with E-state index in [-0.39, 0.29) is 11.5 Å². The second-order valence-electron chi connectivity index (χ2n) is 10.9. The van der Waals surface area contributed by atoms with Crippen molar-refractivity contribution in [3.05, 3.63) is 64.7 Å². The van der Waals surface area contributed by atoms with Crippen molar-refractivity contribution in [3.8, 4) is 0 Å². The van der Waals surface area contributed by atoms with Gasteiger partial charge in [-0.15, -0.1) is 0 Å². The summed E-state index contributed by atoms with van der Waals surface area (Å²) in [6.07, 6.45) is 15.6. The van der Waals surface area contributed by atoms with Gasteiger partial charge >= 0.3 is 0 Å². The number of hydrogen-bond donors (Lipinski definition) is 0. The molecule has 0 aliphatic heterocycles. The lowest BCUT2D eigenvalue weighted by atomic mass is 9.47. The third-order valence-corrected chi connectivity index (χ3v) is 9.69. The normalized spacial score (nSPS) is 39.0. The first-order valence-corrected chi connectivity index (χ1v) is 12.1. The van der Waals surface area contributed by atoms with Gasteiger partial charge in [0.25, 0.3) is 0 Å². The van der Waals surface area contributed by atoms with E-state index in [0.717, 1.165) is 30.6 Å². The fraction of sp³-hybridized carbons (Fsp3) is 0.556. The molecule has 6 rings (SSSR count). The van der Waals surface area contributed by atoms with Gasteiger partial charge in [0.2, 0.25) is 0 Å². The Morgan fingerprint density at radius 1 is 1.00 bits per heavy atom. The van der Waals surface area contributed by atoms with Crippen LogP contribution in [0.15, 0.2) is 59.4 Å². The Morgan fingerprint density at radius 3 is 2.71 bits per heavy atom. The zero-order valence-corrected chi connectivity index (χ0v) is 18.7. The van der Waals surface area contributed by atoms with Crippen LogP contribution in [0.25, 0.3) is 27.0 Å². The van der Waals surface area contributed by atoms with Gasteiger partial charge in [-0.1, -0.05) is 54.9 Å². The zero-order chi connectivity index (χ0) is 21.2. The molecule has 6 atom stereocenters. The maximum Gasteiger partial charge on any atom is 0.0525 e. The molecule has 0 radical (unpaired) electrons. The average molecular weight is 413 g/mol. The molecule has 160 valence electrons. The van der Waals surface area contributed by atoms with Crippen molar-refractivity contribution >= 4 is 16.6 Å². The highest BCUT2D eigenvalue weighted by Crippen LogP contribution is 2.65. The van der Waals surface area contributed by atoms with Crippen molar-refractivity contribution in [2.45, 2.75) is 64.8 Å². The number of azide groups is 1. The lowest BCUT2D eigenvalue weighted by molar-refractivity contribution is -0.0126. The Morgan fingerprint density at radius 2 is 1.84 bits per heavy atom. The van der Waals surface area contributed by atoms with E-state index in [1.807, 2.05) is 0 Å². The molecule has 2 aromatic rings. The minimum absolute atomic E-state index is 0.163. The van der Waals surface area contributed by atoms with Crippen LogP contribution >= 0.6 is 0 Å². The molecule has 0 spiro atoms. The highest BCUT2D eigenvalue weighted by atomic mass is 15.1. The first kappa shape index (κ1) is 19.3. The van der Waals surface area contributed by atoms with Gasteiger partial charge in [-0.05, 0) is 91.2 Å². The summed E-state index contributed by atoms with van der Waals surface area (Å²) in [7, 11) is 0. The summed E-state index contributed by atoms with van der Waals surface area (Å²) in [5.74, 6) is 2.26. The molecule has 2 saturated carbocycles. The number of para-hydroxylation sites is 1. The highest BCUT2D eigenvalue weighted by molar-refractivity contribution is 5.84. The molecule has 4 aliphatic rings. The molecule has 3 unspecified atom stereocenters. The van der Waals surface area contributed by atoms with Gasteiger partial charge in [-0.3, -0.25) is 0 Å². The van der Waals surface area contributed by atoms with E-state index in [9.17, 15) is 0 Å². The fourth-order valence-electron chi connectivity index (χ4n) is 8.02. The molecule has 31 heavy (non-hydrogen) atoms. The Kier molecular flexibility index (Phi) is 4.21. The SMILES string of the molecule is C[C@]12CC[C@H](N=[N+]=[N-])CC1=CCC1C2CC[C@]2(C)C(n3ccc4ccccc43)=CCC12. The molecule has 1 aromatic carbocycles. The number of hydrogen-bond acceptors (Lipinski definition) is 1. The van der Waals surface area contributed by atoms with Crippen LogP contribution in [-0.2, 0) is 0 Å². The van der Waals surface area contributed by atoms with E-state index in [4.69, 9.17) is 5.53 Å². The van der Waals surface area contributed by atoms with Crippen LogP contribution in [0, 0.1) is 28.6 Å². The van der Waals surface area contributed by atoms with Crippen molar-refractivity contribution in [1.29, 1.82) is 0 Å². The topological polar surface area (TPSA) is 53.7 Å². The standard InChI is InChI=1S/C27H32N4/c1-26-14-11-20(29-30-28)17-19(26)7-8-21-22-9-10-25(27(22,2)15-12-23(21)26)31-16-13-18-5-3-4-6-24(18)31/h3-7,10,13,16,20-23H,8-9,11-12,14-15,17H2,1-2H3/t20-,21?,22?,23?,26-,27-/m0/s1. The number of nitrogens with zero attached hydrogens (tertiary/aromatic N) is 4. The van der Waals surface area contributed by atoms with Gasteiger partial charge in [-0.25, -0.2) is 0 Å². The van der Waals surface area contributed by atoms with Crippen molar-refractivity contribution < 1.29 is 0 Å². The molecular formula is C27H32N4. The maximum atomic E-state index is 8.90. The lowest BCUT2D eigenvalue weighted by Crippen LogP contribution is -2.49.